The molecule has 1 fully saturated rings. The van der Waals surface area contributed by atoms with E-state index in [2.05, 4.69) is 45.6 Å². The summed E-state index contributed by atoms with van der Waals surface area (Å²) < 4.78 is 3.02. The topological polar surface area (TPSA) is 59.7 Å². The Morgan fingerprint density at radius 2 is 1.95 bits per heavy atom. The van der Waals surface area contributed by atoms with Gasteiger partial charge in [0.2, 0.25) is 0 Å². The van der Waals surface area contributed by atoms with Crippen LogP contribution in [0.3, 0.4) is 0 Å². The fraction of sp³-hybridized carbons (Fsp3) is 0.538. The Morgan fingerprint density at radius 3 is 2.60 bits per heavy atom. The molecular weight excluding hydrogens is 320 g/mol. The van der Waals surface area contributed by atoms with Gasteiger partial charge in [-0.1, -0.05) is 0 Å². The zero-order valence-electron chi connectivity index (χ0n) is 11.6. The first kappa shape index (κ1) is 13.6. The molecule has 0 aromatic carbocycles. The molecule has 0 N–H and O–H groups in total. The normalized spacial score (nSPS) is 15.0. The Morgan fingerprint density at radius 1 is 1.25 bits per heavy atom. The first-order valence-electron chi connectivity index (χ1n) is 6.66. The molecule has 3 rings (SSSR count). The SMILES string of the molecule is CN(Cc1ncc(Br)cn1)Cc1nnc(C2CC2)n1C. The molecule has 1 aliphatic carbocycles. The minimum atomic E-state index is 0.626. The molecule has 0 saturated heterocycles. The molecule has 0 unspecified atom stereocenters. The molecular formula is C13H17BrN6. The van der Waals surface area contributed by atoms with Crippen molar-refractivity contribution >= 4 is 15.9 Å². The summed E-state index contributed by atoms with van der Waals surface area (Å²) in [5, 5.41) is 8.59. The van der Waals surface area contributed by atoms with Crippen LogP contribution in [0, 0.1) is 0 Å². The molecule has 1 aliphatic rings. The highest BCUT2D eigenvalue weighted by Gasteiger charge is 2.29. The van der Waals surface area contributed by atoms with Crippen molar-refractivity contribution in [1.82, 2.24) is 29.6 Å². The van der Waals surface area contributed by atoms with E-state index in [1.54, 1.807) is 12.4 Å². The lowest BCUT2D eigenvalue weighted by molar-refractivity contribution is 0.298. The van der Waals surface area contributed by atoms with Gasteiger partial charge in [0.05, 0.1) is 17.6 Å². The van der Waals surface area contributed by atoms with Gasteiger partial charge in [0, 0.05) is 25.4 Å². The maximum Gasteiger partial charge on any atom is 0.146 e. The summed E-state index contributed by atoms with van der Waals surface area (Å²) in [4.78, 5) is 10.7. The molecule has 2 heterocycles. The van der Waals surface area contributed by atoms with Crippen LogP contribution in [0.25, 0.3) is 0 Å². The molecule has 2 aromatic rings. The number of hydrogen-bond acceptors (Lipinski definition) is 5. The Bertz CT molecular complexity index is 589. The smallest absolute Gasteiger partial charge is 0.146 e. The molecule has 106 valence electrons. The Labute approximate surface area is 126 Å². The quantitative estimate of drug-likeness (QED) is 0.834. The molecule has 0 atom stereocenters. The van der Waals surface area contributed by atoms with Crippen molar-refractivity contribution in [2.75, 3.05) is 7.05 Å². The van der Waals surface area contributed by atoms with E-state index in [0.717, 1.165) is 28.5 Å². The monoisotopic (exact) mass is 336 g/mol. The summed E-state index contributed by atoms with van der Waals surface area (Å²) in [5.74, 6) is 3.54. The Balaban J connectivity index is 1.63. The van der Waals surface area contributed by atoms with Crippen molar-refractivity contribution in [2.24, 2.45) is 7.05 Å². The van der Waals surface area contributed by atoms with Crippen molar-refractivity contribution < 1.29 is 0 Å². The number of aromatic nitrogens is 5. The van der Waals surface area contributed by atoms with Gasteiger partial charge in [-0.05, 0) is 35.8 Å². The van der Waals surface area contributed by atoms with E-state index in [1.807, 2.05) is 14.1 Å². The van der Waals surface area contributed by atoms with Crippen LogP contribution in [-0.2, 0) is 20.1 Å². The molecule has 0 radical (unpaired) electrons. The first-order chi connectivity index (χ1) is 9.63. The van der Waals surface area contributed by atoms with Gasteiger partial charge in [-0.2, -0.15) is 0 Å². The number of halogens is 1. The van der Waals surface area contributed by atoms with Crippen LogP contribution in [0.2, 0.25) is 0 Å². The molecule has 0 bridgehead atoms. The standard InChI is InChI=1S/C13H17BrN6/c1-19(7-11-15-5-10(14)6-16-11)8-12-17-18-13(20(12)2)9-3-4-9/h5-6,9H,3-4,7-8H2,1-2H3. The van der Waals surface area contributed by atoms with Gasteiger partial charge in [-0.3, -0.25) is 4.90 Å². The predicted molar refractivity (Wildman–Crippen MR) is 77.9 cm³/mol. The van der Waals surface area contributed by atoms with Crippen LogP contribution in [-0.4, -0.2) is 36.7 Å². The third kappa shape index (κ3) is 3.04. The fourth-order valence-electron chi connectivity index (χ4n) is 2.17. The van der Waals surface area contributed by atoms with Crippen molar-refractivity contribution in [3.8, 4) is 0 Å². The van der Waals surface area contributed by atoms with Crippen LogP contribution in [0.1, 0.15) is 36.2 Å². The van der Waals surface area contributed by atoms with E-state index in [1.165, 1.54) is 12.8 Å². The van der Waals surface area contributed by atoms with Crippen LogP contribution in [0.4, 0.5) is 0 Å². The molecule has 2 aromatic heterocycles. The minimum absolute atomic E-state index is 0.626. The third-order valence-corrected chi connectivity index (χ3v) is 3.85. The number of nitrogens with zero attached hydrogens (tertiary/aromatic N) is 6. The van der Waals surface area contributed by atoms with Gasteiger partial charge in [0.1, 0.15) is 17.5 Å². The van der Waals surface area contributed by atoms with Crippen molar-refractivity contribution in [3.05, 3.63) is 34.3 Å². The first-order valence-corrected chi connectivity index (χ1v) is 7.46. The van der Waals surface area contributed by atoms with Gasteiger partial charge in [0.15, 0.2) is 0 Å². The molecule has 1 saturated carbocycles. The zero-order chi connectivity index (χ0) is 14.1. The van der Waals surface area contributed by atoms with E-state index in [4.69, 9.17) is 0 Å². The van der Waals surface area contributed by atoms with Crippen LogP contribution in [0.15, 0.2) is 16.9 Å². The lowest BCUT2D eigenvalue weighted by Crippen LogP contribution is -2.21. The second-order valence-electron chi connectivity index (χ2n) is 5.30. The summed E-state index contributed by atoms with van der Waals surface area (Å²) in [6.45, 7) is 1.44. The van der Waals surface area contributed by atoms with Crippen LogP contribution < -0.4 is 0 Å². The second kappa shape index (κ2) is 5.57. The summed E-state index contributed by atoms with van der Waals surface area (Å²) in [7, 11) is 4.09. The summed E-state index contributed by atoms with van der Waals surface area (Å²) >= 11 is 3.34. The molecule has 7 heteroatoms. The largest absolute Gasteiger partial charge is 0.317 e. The fourth-order valence-corrected chi connectivity index (χ4v) is 2.37. The van der Waals surface area contributed by atoms with Crippen molar-refractivity contribution in [1.29, 1.82) is 0 Å². The van der Waals surface area contributed by atoms with Gasteiger partial charge in [0.25, 0.3) is 0 Å². The highest BCUT2D eigenvalue weighted by atomic mass is 79.9. The maximum absolute atomic E-state index is 4.30. The van der Waals surface area contributed by atoms with Gasteiger partial charge < -0.3 is 4.57 Å². The van der Waals surface area contributed by atoms with Crippen molar-refractivity contribution in [3.63, 3.8) is 0 Å². The molecule has 6 nitrogen and oxygen atoms in total. The lowest BCUT2D eigenvalue weighted by atomic mass is 10.4. The van der Waals surface area contributed by atoms with E-state index in [0.29, 0.717) is 12.5 Å². The Kier molecular flexibility index (Phi) is 3.80. The number of hydrogen-bond donors (Lipinski definition) is 0. The molecule has 0 aliphatic heterocycles. The predicted octanol–water partition coefficient (Wildman–Crippen LogP) is 1.88. The Hall–Kier alpha value is -1.34. The van der Waals surface area contributed by atoms with Gasteiger partial charge >= 0.3 is 0 Å². The highest BCUT2D eigenvalue weighted by Crippen LogP contribution is 2.38. The van der Waals surface area contributed by atoms with Crippen LogP contribution in [0.5, 0.6) is 0 Å². The molecule has 20 heavy (non-hydrogen) atoms. The minimum Gasteiger partial charge on any atom is -0.317 e. The van der Waals surface area contributed by atoms with Gasteiger partial charge in [-0.25, -0.2) is 9.97 Å². The maximum atomic E-state index is 4.30. The summed E-state index contributed by atoms with van der Waals surface area (Å²) in [5.41, 5.74) is 0. The van der Waals surface area contributed by atoms with E-state index in [-0.39, 0.29) is 0 Å². The average Bonchev–Trinajstić information content (AvgIpc) is 3.19. The molecule has 0 amide bonds. The van der Waals surface area contributed by atoms with E-state index < -0.39 is 0 Å². The van der Waals surface area contributed by atoms with Crippen LogP contribution >= 0.6 is 15.9 Å². The third-order valence-electron chi connectivity index (χ3n) is 3.44. The summed E-state index contributed by atoms with van der Waals surface area (Å²) in [6.07, 6.45) is 6.02. The highest BCUT2D eigenvalue weighted by molar-refractivity contribution is 9.10. The van der Waals surface area contributed by atoms with E-state index in [9.17, 15) is 0 Å². The summed E-state index contributed by atoms with van der Waals surface area (Å²) in [6, 6.07) is 0. The second-order valence-corrected chi connectivity index (χ2v) is 6.21. The van der Waals surface area contributed by atoms with Crippen molar-refractivity contribution in [2.45, 2.75) is 31.8 Å². The number of rotatable bonds is 5. The van der Waals surface area contributed by atoms with Gasteiger partial charge in [-0.15, -0.1) is 10.2 Å². The average molecular weight is 337 g/mol. The molecule has 0 spiro atoms. The van der Waals surface area contributed by atoms with E-state index >= 15 is 0 Å². The zero-order valence-corrected chi connectivity index (χ0v) is 13.2. The lowest BCUT2D eigenvalue weighted by Gasteiger charge is -2.15.